The molecule has 0 amide bonds. The molecular formula is C19H21N3. The molecule has 0 aliphatic rings. The number of anilines is 3. The number of hydrogen-bond acceptors (Lipinski definition) is 3. The van der Waals surface area contributed by atoms with E-state index >= 15 is 0 Å². The zero-order valence-electron chi connectivity index (χ0n) is 13.1. The van der Waals surface area contributed by atoms with Gasteiger partial charge in [-0.25, -0.2) is 4.98 Å². The Bertz CT molecular complexity index is 749. The Kier molecular flexibility index (Phi) is 4.24. The van der Waals surface area contributed by atoms with E-state index in [2.05, 4.69) is 65.4 Å². The van der Waals surface area contributed by atoms with Crippen molar-refractivity contribution < 1.29 is 0 Å². The van der Waals surface area contributed by atoms with Crippen LogP contribution in [0.3, 0.4) is 0 Å². The third-order valence-electron chi connectivity index (χ3n) is 3.87. The molecule has 0 radical (unpaired) electrons. The van der Waals surface area contributed by atoms with Crippen molar-refractivity contribution in [2.45, 2.75) is 13.8 Å². The molecule has 0 saturated heterocycles. The second-order valence-corrected chi connectivity index (χ2v) is 5.23. The maximum Gasteiger partial charge on any atom is 0.136 e. The van der Waals surface area contributed by atoms with Gasteiger partial charge in [-0.15, -0.1) is 0 Å². The van der Waals surface area contributed by atoms with Crippen molar-refractivity contribution >= 4 is 28.0 Å². The molecule has 0 fully saturated rings. The van der Waals surface area contributed by atoms with Crippen molar-refractivity contribution in [3.63, 3.8) is 0 Å². The molecule has 0 aliphatic heterocycles. The van der Waals surface area contributed by atoms with Crippen molar-refractivity contribution in [3.05, 3.63) is 60.8 Å². The molecule has 0 unspecified atom stereocenters. The summed E-state index contributed by atoms with van der Waals surface area (Å²) in [5.41, 5.74) is 2.18. The number of aromatic nitrogens is 1. The van der Waals surface area contributed by atoms with Crippen molar-refractivity contribution in [1.29, 1.82) is 0 Å². The molecule has 0 bridgehead atoms. The largest absolute Gasteiger partial charge is 0.357 e. The zero-order valence-corrected chi connectivity index (χ0v) is 13.1. The molecule has 0 atom stereocenters. The van der Waals surface area contributed by atoms with Crippen LogP contribution in [0.1, 0.15) is 13.8 Å². The molecule has 112 valence electrons. The fraction of sp³-hybridized carbons (Fsp3) is 0.211. The number of rotatable bonds is 5. The predicted molar refractivity (Wildman–Crippen MR) is 95.0 cm³/mol. The average molecular weight is 291 g/mol. The van der Waals surface area contributed by atoms with E-state index in [0.29, 0.717) is 0 Å². The normalized spacial score (nSPS) is 10.6. The molecule has 1 aromatic heterocycles. The molecular weight excluding hydrogens is 270 g/mol. The predicted octanol–water partition coefficient (Wildman–Crippen LogP) is 4.82. The first kappa shape index (κ1) is 14.4. The van der Waals surface area contributed by atoms with Crippen LogP contribution in [0.5, 0.6) is 0 Å². The number of hydrogen-bond donors (Lipinski definition) is 1. The fourth-order valence-electron chi connectivity index (χ4n) is 2.69. The van der Waals surface area contributed by atoms with E-state index in [1.165, 1.54) is 10.8 Å². The van der Waals surface area contributed by atoms with Crippen molar-refractivity contribution in [2.24, 2.45) is 0 Å². The van der Waals surface area contributed by atoms with Gasteiger partial charge < -0.3 is 10.2 Å². The summed E-state index contributed by atoms with van der Waals surface area (Å²) in [6.45, 7) is 6.24. The van der Waals surface area contributed by atoms with Crippen LogP contribution in [0, 0.1) is 0 Å². The third-order valence-corrected chi connectivity index (χ3v) is 3.87. The highest BCUT2D eigenvalue weighted by Gasteiger charge is 2.09. The van der Waals surface area contributed by atoms with E-state index in [0.717, 1.165) is 30.3 Å². The summed E-state index contributed by atoms with van der Waals surface area (Å²) in [7, 11) is 0. The van der Waals surface area contributed by atoms with Gasteiger partial charge in [-0.1, -0.05) is 24.3 Å². The zero-order chi connectivity index (χ0) is 15.4. The molecule has 3 heteroatoms. The summed E-state index contributed by atoms with van der Waals surface area (Å²) in [5, 5.41) is 5.86. The van der Waals surface area contributed by atoms with E-state index in [4.69, 9.17) is 0 Å². The molecule has 0 aliphatic carbocycles. The van der Waals surface area contributed by atoms with Crippen molar-refractivity contribution in [3.8, 4) is 0 Å². The maximum atomic E-state index is 4.60. The Morgan fingerprint density at radius 3 is 2.41 bits per heavy atom. The van der Waals surface area contributed by atoms with Gasteiger partial charge in [0.25, 0.3) is 0 Å². The van der Waals surface area contributed by atoms with E-state index in [-0.39, 0.29) is 0 Å². The van der Waals surface area contributed by atoms with Crippen molar-refractivity contribution in [1.82, 2.24) is 4.98 Å². The Hall–Kier alpha value is -2.55. The molecule has 3 rings (SSSR count). The van der Waals surface area contributed by atoms with Crippen LogP contribution in [-0.4, -0.2) is 18.1 Å². The van der Waals surface area contributed by atoms with Gasteiger partial charge in [0.2, 0.25) is 0 Å². The highest BCUT2D eigenvalue weighted by Crippen LogP contribution is 2.28. The molecule has 3 nitrogen and oxygen atoms in total. The van der Waals surface area contributed by atoms with Gasteiger partial charge in [0.05, 0.1) is 0 Å². The lowest BCUT2D eigenvalue weighted by atomic mass is 10.1. The van der Waals surface area contributed by atoms with E-state index in [9.17, 15) is 0 Å². The Morgan fingerprint density at radius 1 is 0.909 bits per heavy atom. The molecule has 2 aromatic carbocycles. The number of nitrogens with one attached hydrogen (secondary N) is 1. The van der Waals surface area contributed by atoms with E-state index in [1.54, 1.807) is 0 Å². The highest BCUT2D eigenvalue weighted by atomic mass is 15.2. The van der Waals surface area contributed by atoms with Gasteiger partial charge in [-0.3, -0.25) is 0 Å². The smallest absolute Gasteiger partial charge is 0.136 e. The second kappa shape index (κ2) is 6.48. The standard InChI is InChI=1S/C19H21N3/c1-3-22(4-2)19-18-14-17(11-10-15(18)12-13-20-19)21-16-8-6-5-7-9-16/h5-14,21H,3-4H2,1-2H3. The van der Waals surface area contributed by atoms with Gasteiger partial charge in [0, 0.05) is 36.0 Å². The minimum absolute atomic E-state index is 0.957. The number of pyridine rings is 1. The fourth-order valence-corrected chi connectivity index (χ4v) is 2.69. The maximum absolute atomic E-state index is 4.60. The van der Waals surface area contributed by atoms with Crippen molar-refractivity contribution in [2.75, 3.05) is 23.3 Å². The van der Waals surface area contributed by atoms with Gasteiger partial charge in [-0.05, 0) is 49.6 Å². The topological polar surface area (TPSA) is 28.2 Å². The van der Waals surface area contributed by atoms with Crippen LogP contribution in [0.2, 0.25) is 0 Å². The van der Waals surface area contributed by atoms with Crippen LogP contribution in [0.4, 0.5) is 17.2 Å². The van der Waals surface area contributed by atoms with Crippen LogP contribution in [0.25, 0.3) is 10.8 Å². The Balaban J connectivity index is 2.02. The van der Waals surface area contributed by atoms with Gasteiger partial charge in [0.15, 0.2) is 0 Å². The Labute approximate surface area is 131 Å². The van der Waals surface area contributed by atoms with Gasteiger partial charge in [-0.2, -0.15) is 0 Å². The van der Waals surface area contributed by atoms with E-state index < -0.39 is 0 Å². The quantitative estimate of drug-likeness (QED) is 0.730. The first-order chi connectivity index (χ1) is 10.8. The lowest BCUT2D eigenvalue weighted by molar-refractivity contribution is 0.852. The monoisotopic (exact) mass is 291 g/mol. The molecule has 1 heterocycles. The van der Waals surface area contributed by atoms with Crippen LogP contribution in [0.15, 0.2) is 60.8 Å². The first-order valence-corrected chi connectivity index (χ1v) is 7.77. The first-order valence-electron chi connectivity index (χ1n) is 7.77. The third kappa shape index (κ3) is 2.89. The molecule has 1 N–H and O–H groups in total. The van der Waals surface area contributed by atoms with E-state index in [1.807, 2.05) is 24.4 Å². The molecule has 22 heavy (non-hydrogen) atoms. The lowest BCUT2D eigenvalue weighted by Gasteiger charge is -2.21. The summed E-state index contributed by atoms with van der Waals surface area (Å²) < 4.78 is 0. The summed E-state index contributed by atoms with van der Waals surface area (Å²) in [6, 6.07) is 18.7. The molecule has 3 aromatic rings. The minimum atomic E-state index is 0.957. The van der Waals surface area contributed by atoms with Crippen LogP contribution >= 0.6 is 0 Å². The van der Waals surface area contributed by atoms with Gasteiger partial charge >= 0.3 is 0 Å². The summed E-state index contributed by atoms with van der Waals surface area (Å²) in [4.78, 5) is 6.88. The SMILES string of the molecule is CCN(CC)c1nccc2ccc(Nc3ccccc3)cc12. The summed E-state index contributed by atoms with van der Waals surface area (Å²) >= 11 is 0. The van der Waals surface area contributed by atoms with Crippen LogP contribution < -0.4 is 10.2 Å². The highest BCUT2D eigenvalue weighted by molar-refractivity contribution is 5.94. The average Bonchev–Trinajstić information content (AvgIpc) is 2.57. The molecule has 0 spiro atoms. The van der Waals surface area contributed by atoms with Crippen LogP contribution in [-0.2, 0) is 0 Å². The molecule has 0 saturated carbocycles. The second-order valence-electron chi connectivity index (χ2n) is 5.23. The number of para-hydroxylation sites is 1. The summed E-state index contributed by atoms with van der Waals surface area (Å²) in [6.07, 6.45) is 1.89. The van der Waals surface area contributed by atoms with Gasteiger partial charge in [0.1, 0.15) is 5.82 Å². The number of nitrogens with zero attached hydrogens (tertiary/aromatic N) is 2. The lowest BCUT2D eigenvalue weighted by Crippen LogP contribution is -2.23. The minimum Gasteiger partial charge on any atom is -0.357 e. The number of fused-ring (bicyclic) bond motifs is 1. The summed E-state index contributed by atoms with van der Waals surface area (Å²) in [5.74, 6) is 1.05. The number of benzene rings is 2. The Morgan fingerprint density at radius 2 is 1.68 bits per heavy atom.